The summed E-state index contributed by atoms with van der Waals surface area (Å²) in [5, 5.41) is 8.41. The zero-order valence-corrected chi connectivity index (χ0v) is 11.1. The van der Waals surface area contributed by atoms with Crippen LogP contribution in [0.25, 0.3) is 5.69 Å². The highest BCUT2D eigenvalue weighted by molar-refractivity contribution is 5.92. The maximum Gasteiger partial charge on any atom is 0.276 e. The Bertz CT molecular complexity index is 587. The number of para-hydroxylation sites is 1. The molecule has 1 amide bonds. The molecule has 0 radical (unpaired) electrons. The van der Waals surface area contributed by atoms with Crippen molar-refractivity contribution in [2.24, 2.45) is 5.73 Å². The van der Waals surface area contributed by atoms with Crippen LogP contribution < -0.4 is 5.73 Å². The fraction of sp³-hybridized carbons (Fsp3) is 0.357. The quantitative estimate of drug-likeness (QED) is 0.877. The lowest BCUT2D eigenvalue weighted by Crippen LogP contribution is -2.43. The van der Waals surface area contributed by atoms with Crippen molar-refractivity contribution in [3.8, 4) is 5.69 Å². The fourth-order valence-electron chi connectivity index (χ4n) is 2.31. The van der Waals surface area contributed by atoms with Gasteiger partial charge in [-0.1, -0.05) is 18.2 Å². The molecule has 6 nitrogen and oxygen atoms in total. The van der Waals surface area contributed by atoms with Gasteiger partial charge in [-0.25, -0.2) is 0 Å². The largest absolute Gasteiger partial charge is 0.337 e. The van der Waals surface area contributed by atoms with E-state index in [0.717, 1.165) is 18.5 Å². The van der Waals surface area contributed by atoms with Crippen molar-refractivity contribution in [1.82, 2.24) is 19.9 Å². The summed E-state index contributed by atoms with van der Waals surface area (Å²) in [5.41, 5.74) is 7.06. The van der Waals surface area contributed by atoms with E-state index in [1.807, 2.05) is 30.3 Å². The number of nitrogens with zero attached hydrogens (tertiary/aromatic N) is 4. The second-order valence-corrected chi connectivity index (χ2v) is 4.98. The maximum atomic E-state index is 12.3. The van der Waals surface area contributed by atoms with E-state index in [4.69, 9.17) is 5.73 Å². The predicted molar refractivity (Wildman–Crippen MR) is 74.5 cm³/mol. The molecule has 0 bridgehead atoms. The first kappa shape index (κ1) is 12.8. The second kappa shape index (κ2) is 5.42. The number of amides is 1. The van der Waals surface area contributed by atoms with E-state index >= 15 is 0 Å². The van der Waals surface area contributed by atoms with E-state index in [0.29, 0.717) is 18.8 Å². The molecule has 2 heterocycles. The maximum absolute atomic E-state index is 12.3. The van der Waals surface area contributed by atoms with Gasteiger partial charge in [-0.15, -0.1) is 5.10 Å². The molecule has 2 N–H and O–H groups in total. The van der Waals surface area contributed by atoms with Crippen LogP contribution in [-0.2, 0) is 0 Å². The first-order valence-corrected chi connectivity index (χ1v) is 6.76. The van der Waals surface area contributed by atoms with Gasteiger partial charge in [-0.05, 0) is 25.0 Å². The SMILES string of the molecule is NC1CCN(C(=O)c2cnn(-c3ccccc3)n2)CC1. The number of nitrogens with two attached hydrogens (primary N) is 1. The normalized spacial score (nSPS) is 16.4. The van der Waals surface area contributed by atoms with Crippen LogP contribution in [0, 0.1) is 0 Å². The number of benzene rings is 1. The molecule has 0 atom stereocenters. The minimum Gasteiger partial charge on any atom is -0.337 e. The van der Waals surface area contributed by atoms with Gasteiger partial charge in [-0.3, -0.25) is 4.79 Å². The van der Waals surface area contributed by atoms with Gasteiger partial charge in [0.2, 0.25) is 0 Å². The molecule has 20 heavy (non-hydrogen) atoms. The van der Waals surface area contributed by atoms with Crippen molar-refractivity contribution in [1.29, 1.82) is 0 Å². The first-order chi connectivity index (χ1) is 9.74. The van der Waals surface area contributed by atoms with Gasteiger partial charge in [0.05, 0.1) is 11.9 Å². The van der Waals surface area contributed by atoms with Crippen LogP contribution >= 0.6 is 0 Å². The van der Waals surface area contributed by atoms with Crippen molar-refractivity contribution in [3.63, 3.8) is 0 Å². The molecule has 0 aliphatic carbocycles. The molecule has 104 valence electrons. The van der Waals surface area contributed by atoms with Gasteiger partial charge in [0, 0.05) is 19.1 Å². The minimum absolute atomic E-state index is 0.0703. The Kier molecular flexibility index (Phi) is 3.47. The Labute approximate surface area is 117 Å². The van der Waals surface area contributed by atoms with Crippen LogP contribution in [0.3, 0.4) is 0 Å². The first-order valence-electron chi connectivity index (χ1n) is 6.76. The lowest BCUT2D eigenvalue weighted by Gasteiger charge is -2.29. The van der Waals surface area contributed by atoms with Crippen molar-refractivity contribution in [2.75, 3.05) is 13.1 Å². The van der Waals surface area contributed by atoms with Crippen molar-refractivity contribution in [2.45, 2.75) is 18.9 Å². The third-order valence-electron chi connectivity index (χ3n) is 3.52. The average molecular weight is 271 g/mol. The zero-order chi connectivity index (χ0) is 13.9. The van der Waals surface area contributed by atoms with E-state index in [1.165, 1.54) is 11.0 Å². The standard InChI is InChI=1S/C14H17N5O/c15-11-6-8-18(9-7-11)14(20)13-10-16-19(17-13)12-4-2-1-3-5-12/h1-5,10-11H,6-9,15H2. The van der Waals surface area contributed by atoms with Crippen LogP contribution in [0.5, 0.6) is 0 Å². The summed E-state index contributed by atoms with van der Waals surface area (Å²) < 4.78 is 0. The summed E-state index contributed by atoms with van der Waals surface area (Å²) in [6.45, 7) is 1.39. The lowest BCUT2D eigenvalue weighted by atomic mass is 10.1. The summed E-state index contributed by atoms with van der Waals surface area (Å²) in [6.07, 6.45) is 3.21. The smallest absolute Gasteiger partial charge is 0.276 e. The van der Waals surface area contributed by atoms with Crippen LogP contribution in [0.1, 0.15) is 23.3 Å². The highest BCUT2D eigenvalue weighted by Gasteiger charge is 2.23. The summed E-state index contributed by atoms with van der Waals surface area (Å²) in [4.78, 5) is 15.6. The monoisotopic (exact) mass is 271 g/mol. The molecule has 1 aromatic heterocycles. The molecular formula is C14H17N5O. The Morgan fingerprint density at radius 2 is 1.90 bits per heavy atom. The number of piperidine rings is 1. The van der Waals surface area contributed by atoms with E-state index in [2.05, 4.69) is 10.2 Å². The number of likely N-dealkylation sites (tertiary alicyclic amines) is 1. The summed E-state index contributed by atoms with van der Waals surface area (Å²) in [5.74, 6) is -0.0703. The molecule has 0 unspecified atom stereocenters. The van der Waals surface area contributed by atoms with Crippen molar-refractivity contribution >= 4 is 5.91 Å². The molecule has 1 aliphatic rings. The molecule has 0 spiro atoms. The predicted octanol–water partition coefficient (Wildman–Crippen LogP) is 0.831. The lowest BCUT2D eigenvalue weighted by molar-refractivity contribution is 0.0708. The van der Waals surface area contributed by atoms with E-state index < -0.39 is 0 Å². The number of aromatic nitrogens is 3. The van der Waals surface area contributed by atoms with Gasteiger partial charge in [0.1, 0.15) is 0 Å². The van der Waals surface area contributed by atoms with Crippen LogP contribution in [-0.4, -0.2) is 44.9 Å². The Morgan fingerprint density at radius 3 is 2.60 bits per heavy atom. The molecule has 3 rings (SSSR count). The third kappa shape index (κ3) is 2.55. The van der Waals surface area contributed by atoms with Crippen LogP contribution in [0.2, 0.25) is 0 Å². The number of hydrogen-bond donors (Lipinski definition) is 1. The average Bonchev–Trinajstić information content (AvgIpc) is 2.98. The second-order valence-electron chi connectivity index (χ2n) is 4.98. The van der Waals surface area contributed by atoms with Crippen LogP contribution in [0.4, 0.5) is 0 Å². The van der Waals surface area contributed by atoms with Gasteiger partial charge in [-0.2, -0.15) is 9.90 Å². The molecule has 2 aromatic rings. The molecule has 1 fully saturated rings. The highest BCUT2D eigenvalue weighted by atomic mass is 16.2. The van der Waals surface area contributed by atoms with Gasteiger partial charge < -0.3 is 10.6 Å². The summed E-state index contributed by atoms with van der Waals surface area (Å²) >= 11 is 0. The minimum atomic E-state index is -0.0703. The van der Waals surface area contributed by atoms with E-state index in [-0.39, 0.29) is 11.9 Å². The summed E-state index contributed by atoms with van der Waals surface area (Å²) in [6, 6.07) is 9.75. The topological polar surface area (TPSA) is 77.0 Å². The van der Waals surface area contributed by atoms with Gasteiger partial charge in [0.25, 0.3) is 5.91 Å². The molecular weight excluding hydrogens is 254 g/mol. The van der Waals surface area contributed by atoms with Gasteiger partial charge >= 0.3 is 0 Å². The Balaban J connectivity index is 1.75. The number of hydrogen-bond acceptors (Lipinski definition) is 4. The zero-order valence-electron chi connectivity index (χ0n) is 11.1. The van der Waals surface area contributed by atoms with Crippen molar-refractivity contribution in [3.05, 3.63) is 42.2 Å². The van der Waals surface area contributed by atoms with E-state index in [9.17, 15) is 4.79 Å². The van der Waals surface area contributed by atoms with Crippen LogP contribution in [0.15, 0.2) is 36.5 Å². The Morgan fingerprint density at radius 1 is 1.20 bits per heavy atom. The number of carbonyl (C=O) groups excluding carboxylic acids is 1. The fourth-order valence-corrected chi connectivity index (χ4v) is 2.31. The molecule has 1 saturated heterocycles. The third-order valence-corrected chi connectivity index (χ3v) is 3.52. The molecule has 0 saturated carbocycles. The number of rotatable bonds is 2. The highest BCUT2D eigenvalue weighted by Crippen LogP contribution is 2.12. The Hall–Kier alpha value is -2.21. The summed E-state index contributed by atoms with van der Waals surface area (Å²) in [7, 11) is 0. The molecule has 1 aliphatic heterocycles. The number of carbonyl (C=O) groups is 1. The van der Waals surface area contributed by atoms with Crippen molar-refractivity contribution < 1.29 is 4.79 Å². The van der Waals surface area contributed by atoms with Gasteiger partial charge in [0.15, 0.2) is 5.69 Å². The van der Waals surface area contributed by atoms with E-state index in [1.54, 1.807) is 4.90 Å². The molecule has 1 aromatic carbocycles. The molecule has 6 heteroatoms.